The Morgan fingerprint density at radius 3 is 2.87 bits per heavy atom. The van der Waals surface area contributed by atoms with E-state index in [1.807, 2.05) is 24.3 Å². The number of ether oxygens (including phenoxy) is 2. The van der Waals surface area contributed by atoms with Crippen molar-refractivity contribution in [1.82, 2.24) is 0 Å². The fraction of sp³-hybridized carbons (Fsp3) is 0.500. The molecule has 1 fully saturated rings. The maximum absolute atomic E-state index is 5.87. The van der Waals surface area contributed by atoms with E-state index >= 15 is 0 Å². The van der Waals surface area contributed by atoms with Crippen LogP contribution >= 0.6 is 11.6 Å². The highest BCUT2D eigenvalue weighted by molar-refractivity contribution is 6.30. The van der Waals surface area contributed by atoms with E-state index in [2.05, 4.69) is 0 Å². The first-order chi connectivity index (χ1) is 7.34. The van der Waals surface area contributed by atoms with E-state index < -0.39 is 0 Å². The van der Waals surface area contributed by atoms with Gasteiger partial charge in [0.15, 0.2) is 0 Å². The maximum atomic E-state index is 5.87. The molecule has 1 aliphatic heterocycles. The maximum Gasteiger partial charge on any atom is 0.120 e. The largest absolute Gasteiger partial charge is 0.493 e. The lowest BCUT2D eigenvalue weighted by Gasteiger charge is -2.22. The molecule has 82 valence electrons. The predicted molar refractivity (Wildman–Crippen MR) is 60.5 cm³/mol. The zero-order valence-electron chi connectivity index (χ0n) is 8.62. The lowest BCUT2D eigenvalue weighted by molar-refractivity contribution is 0.0497. The summed E-state index contributed by atoms with van der Waals surface area (Å²) in [5.74, 6) is 1.48. The first kappa shape index (κ1) is 10.8. The van der Waals surface area contributed by atoms with E-state index in [0.717, 1.165) is 43.4 Å². The highest BCUT2D eigenvalue weighted by Crippen LogP contribution is 2.20. The molecule has 1 saturated heterocycles. The van der Waals surface area contributed by atoms with Gasteiger partial charge in [0.2, 0.25) is 0 Å². The molecule has 3 heteroatoms. The van der Waals surface area contributed by atoms with Gasteiger partial charge in [0.05, 0.1) is 6.61 Å². The third-order valence-corrected chi connectivity index (χ3v) is 2.86. The average Bonchev–Trinajstić information content (AvgIpc) is 2.28. The van der Waals surface area contributed by atoms with Gasteiger partial charge in [0, 0.05) is 18.2 Å². The second-order valence-corrected chi connectivity index (χ2v) is 4.26. The van der Waals surface area contributed by atoms with Gasteiger partial charge in [-0.05, 0) is 37.0 Å². The van der Waals surface area contributed by atoms with Gasteiger partial charge in [0.25, 0.3) is 0 Å². The molecule has 1 aromatic rings. The fourth-order valence-corrected chi connectivity index (χ4v) is 1.86. The monoisotopic (exact) mass is 226 g/mol. The Bertz CT molecular complexity index is 308. The Labute approximate surface area is 95.1 Å². The fourth-order valence-electron chi connectivity index (χ4n) is 1.68. The van der Waals surface area contributed by atoms with Crippen LogP contribution in [0.5, 0.6) is 5.75 Å². The lowest BCUT2D eigenvalue weighted by Crippen LogP contribution is -2.21. The Morgan fingerprint density at radius 1 is 1.33 bits per heavy atom. The first-order valence-corrected chi connectivity index (χ1v) is 5.68. The zero-order valence-corrected chi connectivity index (χ0v) is 9.37. The Morgan fingerprint density at radius 2 is 2.13 bits per heavy atom. The van der Waals surface area contributed by atoms with Crippen LogP contribution in [0.3, 0.4) is 0 Å². The molecule has 0 atom stereocenters. The molecular weight excluding hydrogens is 212 g/mol. The van der Waals surface area contributed by atoms with Crippen LogP contribution in [-0.2, 0) is 4.74 Å². The minimum absolute atomic E-state index is 0.623. The van der Waals surface area contributed by atoms with E-state index in [1.54, 1.807) is 0 Å². The number of hydrogen-bond acceptors (Lipinski definition) is 2. The molecule has 1 aromatic carbocycles. The Kier molecular flexibility index (Phi) is 3.87. The van der Waals surface area contributed by atoms with Crippen molar-refractivity contribution in [3.63, 3.8) is 0 Å². The van der Waals surface area contributed by atoms with Crippen LogP contribution in [0.4, 0.5) is 0 Å². The molecule has 1 aliphatic rings. The van der Waals surface area contributed by atoms with Crippen molar-refractivity contribution in [2.24, 2.45) is 5.92 Å². The van der Waals surface area contributed by atoms with Crippen LogP contribution in [0, 0.1) is 5.92 Å². The molecular formula is C12H15ClO2. The number of benzene rings is 1. The van der Waals surface area contributed by atoms with Crippen LogP contribution < -0.4 is 4.74 Å². The second-order valence-electron chi connectivity index (χ2n) is 3.82. The van der Waals surface area contributed by atoms with Crippen LogP contribution in [0.2, 0.25) is 5.02 Å². The zero-order chi connectivity index (χ0) is 10.5. The molecule has 15 heavy (non-hydrogen) atoms. The summed E-state index contributed by atoms with van der Waals surface area (Å²) in [6.45, 7) is 2.50. The first-order valence-electron chi connectivity index (χ1n) is 5.31. The number of rotatable bonds is 3. The van der Waals surface area contributed by atoms with Crippen LogP contribution in [-0.4, -0.2) is 19.8 Å². The van der Waals surface area contributed by atoms with Gasteiger partial charge < -0.3 is 9.47 Å². The molecule has 0 aromatic heterocycles. The van der Waals surface area contributed by atoms with Gasteiger partial charge in [-0.3, -0.25) is 0 Å². The molecule has 0 spiro atoms. The van der Waals surface area contributed by atoms with E-state index in [9.17, 15) is 0 Å². The minimum atomic E-state index is 0.623. The quantitative estimate of drug-likeness (QED) is 0.789. The van der Waals surface area contributed by atoms with E-state index in [-0.39, 0.29) is 0 Å². The summed E-state index contributed by atoms with van der Waals surface area (Å²) in [5.41, 5.74) is 0. The summed E-state index contributed by atoms with van der Waals surface area (Å²) in [6, 6.07) is 7.54. The predicted octanol–water partition coefficient (Wildman–Crippen LogP) is 3.15. The molecule has 0 N–H and O–H groups in total. The van der Waals surface area contributed by atoms with Crippen molar-refractivity contribution in [2.75, 3.05) is 19.8 Å². The topological polar surface area (TPSA) is 18.5 Å². The summed E-state index contributed by atoms with van der Waals surface area (Å²) in [7, 11) is 0. The summed E-state index contributed by atoms with van der Waals surface area (Å²) in [6.07, 6.45) is 2.20. The summed E-state index contributed by atoms with van der Waals surface area (Å²) in [4.78, 5) is 0. The smallest absolute Gasteiger partial charge is 0.120 e. The van der Waals surface area contributed by atoms with Gasteiger partial charge in [-0.1, -0.05) is 17.7 Å². The summed E-state index contributed by atoms with van der Waals surface area (Å²) < 4.78 is 11.0. The molecule has 0 amide bonds. The minimum Gasteiger partial charge on any atom is -0.493 e. The van der Waals surface area contributed by atoms with Gasteiger partial charge in [-0.25, -0.2) is 0 Å². The standard InChI is InChI=1S/C12H15ClO2/c13-11-2-1-3-12(8-11)15-9-10-4-6-14-7-5-10/h1-3,8,10H,4-7,9H2. The molecule has 0 bridgehead atoms. The van der Waals surface area contributed by atoms with Crippen molar-refractivity contribution in [1.29, 1.82) is 0 Å². The molecule has 2 rings (SSSR count). The van der Waals surface area contributed by atoms with Crippen molar-refractivity contribution in [3.05, 3.63) is 29.3 Å². The van der Waals surface area contributed by atoms with Crippen LogP contribution in [0.15, 0.2) is 24.3 Å². The summed E-state index contributed by atoms with van der Waals surface area (Å²) >= 11 is 5.87. The van der Waals surface area contributed by atoms with E-state index in [4.69, 9.17) is 21.1 Å². The molecule has 0 unspecified atom stereocenters. The molecule has 1 heterocycles. The van der Waals surface area contributed by atoms with Crippen molar-refractivity contribution in [2.45, 2.75) is 12.8 Å². The second kappa shape index (κ2) is 5.38. The van der Waals surface area contributed by atoms with Crippen LogP contribution in [0.25, 0.3) is 0 Å². The highest BCUT2D eigenvalue weighted by atomic mass is 35.5. The van der Waals surface area contributed by atoms with Crippen molar-refractivity contribution >= 4 is 11.6 Å². The van der Waals surface area contributed by atoms with Gasteiger partial charge >= 0.3 is 0 Å². The van der Waals surface area contributed by atoms with Gasteiger partial charge in [-0.2, -0.15) is 0 Å². The third kappa shape index (κ3) is 3.40. The number of halogens is 1. The Hall–Kier alpha value is -0.730. The average molecular weight is 227 g/mol. The van der Waals surface area contributed by atoms with E-state index in [1.165, 1.54) is 0 Å². The molecule has 0 radical (unpaired) electrons. The molecule has 0 saturated carbocycles. The summed E-state index contributed by atoms with van der Waals surface area (Å²) in [5, 5.41) is 0.722. The van der Waals surface area contributed by atoms with Crippen LogP contribution in [0.1, 0.15) is 12.8 Å². The normalized spacial score (nSPS) is 17.7. The van der Waals surface area contributed by atoms with Crippen molar-refractivity contribution in [3.8, 4) is 5.75 Å². The van der Waals surface area contributed by atoms with Gasteiger partial charge in [0.1, 0.15) is 5.75 Å². The Balaban J connectivity index is 1.81. The lowest BCUT2D eigenvalue weighted by atomic mass is 10.0. The number of hydrogen-bond donors (Lipinski definition) is 0. The SMILES string of the molecule is Clc1cccc(OCC2CCOCC2)c1. The van der Waals surface area contributed by atoms with E-state index in [0.29, 0.717) is 5.92 Å². The highest BCUT2D eigenvalue weighted by Gasteiger charge is 2.14. The molecule has 2 nitrogen and oxygen atoms in total. The van der Waals surface area contributed by atoms with Gasteiger partial charge in [-0.15, -0.1) is 0 Å². The molecule has 0 aliphatic carbocycles. The third-order valence-electron chi connectivity index (χ3n) is 2.62. The van der Waals surface area contributed by atoms with Crippen molar-refractivity contribution < 1.29 is 9.47 Å².